The van der Waals surface area contributed by atoms with Gasteiger partial charge in [0.25, 0.3) is 0 Å². The fourth-order valence-electron chi connectivity index (χ4n) is 6.85. The molecule has 1 saturated heterocycles. The van der Waals surface area contributed by atoms with Gasteiger partial charge in [-0.1, -0.05) is 49.8 Å². The first-order chi connectivity index (χ1) is 17.8. The maximum atomic E-state index is 12.4. The van der Waals surface area contributed by atoms with Gasteiger partial charge in [0.1, 0.15) is 0 Å². The van der Waals surface area contributed by atoms with Gasteiger partial charge in [-0.15, -0.1) is 0 Å². The summed E-state index contributed by atoms with van der Waals surface area (Å²) in [5.74, 6) is 0.424. The predicted octanol–water partition coefficient (Wildman–Crippen LogP) is 7.57. The number of carboxylic acids is 1. The van der Waals surface area contributed by atoms with Crippen LogP contribution >= 0.6 is 0 Å². The lowest BCUT2D eigenvalue weighted by atomic mass is 9.69. The van der Waals surface area contributed by atoms with Gasteiger partial charge in [0, 0.05) is 19.6 Å². The number of nitrogens with zero attached hydrogens (tertiary/aromatic N) is 1. The van der Waals surface area contributed by atoms with Crippen molar-refractivity contribution in [2.75, 3.05) is 26.3 Å². The molecule has 2 aromatic carbocycles. The number of benzene rings is 2. The lowest BCUT2D eigenvalue weighted by molar-refractivity contribution is 0.0696. The highest BCUT2D eigenvalue weighted by molar-refractivity contribution is 5.90. The largest absolute Gasteiger partial charge is 0.478 e. The molecule has 1 heterocycles. The molecule has 1 saturated carbocycles. The highest BCUT2D eigenvalue weighted by atomic mass is 19.1. The van der Waals surface area contributed by atoms with E-state index in [0.29, 0.717) is 29.2 Å². The van der Waals surface area contributed by atoms with Crippen LogP contribution in [0.25, 0.3) is 5.57 Å². The topological polar surface area (TPSA) is 40.5 Å². The number of hydrogen-bond donors (Lipinski definition) is 1. The SMILES string of the molecule is CC1(C)CCC(C2=C(c3ccc(CC4CN(CCCF)C4)cc3)c3ccc(C(=O)O)cc3CCC2)CC1. The minimum absolute atomic E-state index is 0.222. The molecule has 0 atom stereocenters. The van der Waals surface area contributed by atoms with E-state index in [1.807, 2.05) is 6.07 Å². The Hall–Kier alpha value is -2.46. The van der Waals surface area contributed by atoms with Crippen LogP contribution in [-0.4, -0.2) is 42.3 Å². The van der Waals surface area contributed by atoms with E-state index in [1.54, 1.807) is 11.6 Å². The molecule has 0 unspecified atom stereocenters. The van der Waals surface area contributed by atoms with Gasteiger partial charge in [0.2, 0.25) is 0 Å². The predicted molar refractivity (Wildman–Crippen MR) is 149 cm³/mol. The molecule has 2 aromatic rings. The lowest BCUT2D eigenvalue weighted by Crippen LogP contribution is -2.47. The summed E-state index contributed by atoms with van der Waals surface area (Å²) in [7, 11) is 0. The Morgan fingerprint density at radius 2 is 1.78 bits per heavy atom. The molecule has 4 heteroatoms. The number of hydrogen-bond acceptors (Lipinski definition) is 2. The van der Waals surface area contributed by atoms with Crippen LogP contribution in [0.15, 0.2) is 48.0 Å². The molecule has 0 bridgehead atoms. The second-order valence-electron chi connectivity index (χ2n) is 12.4. The molecule has 0 radical (unpaired) electrons. The van der Waals surface area contributed by atoms with E-state index in [-0.39, 0.29) is 6.67 Å². The maximum Gasteiger partial charge on any atom is 0.335 e. The number of aromatic carboxylic acids is 1. The van der Waals surface area contributed by atoms with Crippen LogP contribution in [0.5, 0.6) is 0 Å². The number of rotatable bonds is 8. The second-order valence-corrected chi connectivity index (χ2v) is 12.4. The van der Waals surface area contributed by atoms with Gasteiger partial charge in [-0.05, 0) is 115 Å². The number of halogens is 1. The van der Waals surface area contributed by atoms with Gasteiger partial charge in [-0.2, -0.15) is 0 Å². The molecule has 0 spiro atoms. The minimum atomic E-state index is -0.851. The van der Waals surface area contributed by atoms with E-state index < -0.39 is 5.97 Å². The number of aryl methyl sites for hydroxylation is 1. The van der Waals surface area contributed by atoms with E-state index in [0.717, 1.165) is 45.3 Å². The Kier molecular flexibility index (Phi) is 7.85. The van der Waals surface area contributed by atoms with Crippen LogP contribution in [0.4, 0.5) is 4.39 Å². The normalized spacial score (nSPS) is 20.8. The van der Waals surface area contributed by atoms with Crippen molar-refractivity contribution in [3.8, 4) is 0 Å². The fraction of sp³-hybridized carbons (Fsp3) is 0.545. The monoisotopic (exact) mass is 503 g/mol. The molecule has 0 amide bonds. The summed E-state index contributed by atoms with van der Waals surface area (Å²) >= 11 is 0. The van der Waals surface area contributed by atoms with Crippen LogP contribution in [0, 0.1) is 17.3 Å². The zero-order valence-corrected chi connectivity index (χ0v) is 22.6. The second kappa shape index (κ2) is 11.1. The first-order valence-corrected chi connectivity index (χ1v) is 14.3. The summed E-state index contributed by atoms with van der Waals surface area (Å²) in [4.78, 5) is 14.0. The molecule has 0 aromatic heterocycles. The van der Waals surface area contributed by atoms with Gasteiger partial charge >= 0.3 is 5.97 Å². The van der Waals surface area contributed by atoms with Crippen molar-refractivity contribution in [1.82, 2.24) is 4.90 Å². The van der Waals surface area contributed by atoms with Crippen molar-refractivity contribution in [2.45, 2.75) is 71.6 Å². The molecule has 3 aliphatic rings. The standard InChI is InChI=1S/C33H42FNO2/c1-33(2)15-13-25(14-16-33)29-6-3-5-27-20-28(32(36)37)11-12-30(27)31(29)26-9-7-23(8-10-26)19-24-21-35(22-24)18-4-17-34/h7-12,20,24-25H,3-6,13-19,21-22H2,1-2H3,(H,36,37). The summed E-state index contributed by atoms with van der Waals surface area (Å²) in [6.45, 7) is 7.61. The number of likely N-dealkylation sites (tertiary alicyclic amines) is 1. The molecule has 5 rings (SSSR count). The van der Waals surface area contributed by atoms with E-state index >= 15 is 0 Å². The maximum absolute atomic E-state index is 12.4. The molecule has 2 aliphatic carbocycles. The van der Waals surface area contributed by atoms with Gasteiger partial charge in [-0.3, -0.25) is 4.39 Å². The molecular formula is C33H42FNO2. The first kappa shape index (κ1) is 26.2. The Bertz CT molecular complexity index is 1130. The van der Waals surface area contributed by atoms with Crippen LogP contribution in [0.3, 0.4) is 0 Å². The number of alkyl halides is 1. The molecule has 37 heavy (non-hydrogen) atoms. The Labute approximate surface area is 221 Å². The number of carboxylic acid groups (broad SMARTS) is 1. The highest BCUT2D eigenvalue weighted by Crippen LogP contribution is 2.46. The Morgan fingerprint density at radius 1 is 1.05 bits per heavy atom. The van der Waals surface area contributed by atoms with E-state index in [1.165, 1.54) is 53.5 Å². The average molecular weight is 504 g/mol. The van der Waals surface area contributed by atoms with Crippen LogP contribution in [0.1, 0.15) is 91.4 Å². The molecule has 1 aliphatic heterocycles. The van der Waals surface area contributed by atoms with Crippen molar-refractivity contribution in [2.24, 2.45) is 17.3 Å². The Morgan fingerprint density at radius 3 is 2.46 bits per heavy atom. The van der Waals surface area contributed by atoms with Crippen molar-refractivity contribution >= 4 is 11.5 Å². The van der Waals surface area contributed by atoms with Gasteiger partial charge in [0.05, 0.1) is 12.2 Å². The van der Waals surface area contributed by atoms with Crippen LogP contribution in [0.2, 0.25) is 0 Å². The minimum Gasteiger partial charge on any atom is -0.478 e. The van der Waals surface area contributed by atoms with Gasteiger partial charge in [-0.25, -0.2) is 4.79 Å². The van der Waals surface area contributed by atoms with Crippen LogP contribution < -0.4 is 0 Å². The summed E-state index contributed by atoms with van der Waals surface area (Å²) in [5, 5.41) is 9.60. The van der Waals surface area contributed by atoms with Crippen molar-refractivity contribution in [1.29, 1.82) is 0 Å². The number of allylic oxidation sites excluding steroid dienone is 1. The zero-order chi connectivity index (χ0) is 26.0. The van der Waals surface area contributed by atoms with Crippen LogP contribution in [-0.2, 0) is 12.8 Å². The smallest absolute Gasteiger partial charge is 0.335 e. The van der Waals surface area contributed by atoms with E-state index in [2.05, 4.69) is 49.1 Å². The summed E-state index contributed by atoms with van der Waals surface area (Å²) in [6, 6.07) is 15.0. The first-order valence-electron chi connectivity index (χ1n) is 14.3. The number of fused-ring (bicyclic) bond motifs is 1. The molecular weight excluding hydrogens is 461 g/mol. The average Bonchev–Trinajstić information content (AvgIpc) is 3.05. The van der Waals surface area contributed by atoms with Crippen molar-refractivity contribution < 1.29 is 14.3 Å². The van der Waals surface area contributed by atoms with E-state index in [4.69, 9.17) is 0 Å². The molecule has 198 valence electrons. The third kappa shape index (κ3) is 6.00. The fourth-order valence-corrected chi connectivity index (χ4v) is 6.85. The van der Waals surface area contributed by atoms with E-state index in [9.17, 15) is 14.3 Å². The third-order valence-electron chi connectivity index (χ3n) is 9.07. The summed E-state index contributed by atoms with van der Waals surface area (Å²) in [6.07, 6.45) is 9.84. The van der Waals surface area contributed by atoms with Gasteiger partial charge < -0.3 is 10.0 Å². The molecule has 2 fully saturated rings. The van der Waals surface area contributed by atoms with Crippen molar-refractivity contribution in [3.63, 3.8) is 0 Å². The van der Waals surface area contributed by atoms with Gasteiger partial charge in [0.15, 0.2) is 0 Å². The summed E-state index contributed by atoms with van der Waals surface area (Å²) in [5.41, 5.74) is 8.82. The third-order valence-corrected chi connectivity index (χ3v) is 9.07. The van der Waals surface area contributed by atoms with Crippen molar-refractivity contribution in [3.05, 3.63) is 75.9 Å². The highest BCUT2D eigenvalue weighted by Gasteiger charge is 2.32. The quantitative estimate of drug-likeness (QED) is 0.404. The Balaban J connectivity index is 1.43. The molecule has 1 N–H and O–H groups in total. The summed E-state index contributed by atoms with van der Waals surface area (Å²) < 4.78 is 12.4. The number of carbonyl (C=O) groups is 1. The molecule has 3 nitrogen and oxygen atoms in total. The lowest BCUT2D eigenvalue weighted by Gasteiger charge is -2.39. The zero-order valence-electron chi connectivity index (χ0n) is 22.6.